The van der Waals surface area contributed by atoms with Gasteiger partial charge in [0.25, 0.3) is 0 Å². The molecule has 0 aliphatic rings. The number of aromatic nitrogens is 1. The van der Waals surface area contributed by atoms with Crippen LogP contribution in [0.5, 0.6) is 0 Å². The van der Waals surface area contributed by atoms with E-state index in [1.165, 1.54) is 33.5 Å². The molecule has 0 atom stereocenters. The van der Waals surface area contributed by atoms with Crippen LogP contribution in [-0.4, -0.2) is 4.98 Å². The van der Waals surface area contributed by atoms with E-state index < -0.39 is 0 Å². The maximum atomic E-state index is 3.37. The summed E-state index contributed by atoms with van der Waals surface area (Å²) in [6.45, 7) is 4.24. The van der Waals surface area contributed by atoms with E-state index in [1.54, 1.807) is 0 Å². The molecule has 0 unspecified atom stereocenters. The van der Waals surface area contributed by atoms with Crippen molar-refractivity contribution in [3.63, 3.8) is 0 Å². The number of aryl methyl sites for hydroxylation is 2. The second kappa shape index (κ2) is 4.77. The number of nitrogens with one attached hydrogen (secondary N) is 1. The molecule has 3 rings (SSSR count). The zero-order valence-electron chi connectivity index (χ0n) is 11.3. The van der Waals surface area contributed by atoms with Crippen molar-refractivity contribution in [2.75, 3.05) is 0 Å². The minimum atomic E-state index is 1.17. The van der Waals surface area contributed by atoms with Crippen molar-refractivity contribution >= 4 is 0 Å². The second-order valence-electron chi connectivity index (χ2n) is 5.04. The molecule has 0 amide bonds. The molecule has 3 aromatic rings. The van der Waals surface area contributed by atoms with Crippen LogP contribution in [0.25, 0.3) is 22.4 Å². The number of rotatable bonds is 2. The van der Waals surface area contributed by atoms with Gasteiger partial charge in [0.1, 0.15) is 0 Å². The zero-order chi connectivity index (χ0) is 13.2. The van der Waals surface area contributed by atoms with E-state index in [0.717, 1.165) is 0 Å². The summed E-state index contributed by atoms with van der Waals surface area (Å²) in [6, 6.07) is 19.3. The fourth-order valence-electron chi connectivity index (χ4n) is 2.36. The van der Waals surface area contributed by atoms with Crippen LogP contribution in [0.15, 0.2) is 60.8 Å². The van der Waals surface area contributed by atoms with E-state index in [1.807, 2.05) is 0 Å². The third kappa shape index (κ3) is 2.45. The molecule has 2 aromatic carbocycles. The molecule has 1 N–H and O–H groups in total. The molecule has 0 aliphatic carbocycles. The molecule has 1 aromatic heterocycles. The first-order valence-electron chi connectivity index (χ1n) is 6.55. The molecule has 1 heterocycles. The van der Waals surface area contributed by atoms with Gasteiger partial charge in [-0.2, -0.15) is 0 Å². The summed E-state index contributed by atoms with van der Waals surface area (Å²) in [6.07, 6.45) is 2.08. The van der Waals surface area contributed by atoms with Gasteiger partial charge in [0.15, 0.2) is 0 Å². The van der Waals surface area contributed by atoms with Crippen molar-refractivity contribution in [3.8, 4) is 22.4 Å². The first-order valence-corrected chi connectivity index (χ1v) is 6.55. The van der Waals surface area contributed by atoms with Crippen LogP contribution < -0.4 is 0 Å². The Balaban J connectivity index is 2.00. The summed E-state index contributed by atoms with van der Waals surface area (Å²) >= 11 is 0. The summed E-state index contributed by atoms with van der Waals surface area (Å²) in [5, 5.41) is 0. The molecule has 0 aliphatic heterocycles. The van der Waals surface area contributed by atoms with Crippen LogP contribution in [0.3, 0.4) is 0 Å². The minimum Gasteiger partial charge on any atom is -0.361 e. The van der Waals surface area contributed by atoms with E-state index in [0.29, 0.717) is 0 Å². The Morgan fingerprint density at radius 3 is 2.00 bits per heavy atom. The molecule has 0 spiro atoms. The van der Waals surface area contributed by atoms with Gasteiger partial charge < -0.3 is 4.98 Å². The summed E-state index contributed by atoms with van der Waals surface area (Å²) in [5.74, 6) is 0. The van der Waals surface area contributed by atoms with Gasteiger partial charge in [-0.25, -0.2) is 0 Å². The highest BCUT2D eigenvalue weighted by molar-refractivity contribution is 5.72. The number of hydrogen-bond donors (Lipinski definition) is 1. The smallest absolute Gasteiger partial charge is 0.0460 e. The fraction of sp³-hybridized carbons (Fsp3) is 0.111. The van der Waals surface area contributed by atoms with Crippen molar-refractivity contribution in [3.05, 3.63) is 71.9 Å². The van der Waals surface area contributed by atoms with Gasteiger partial charge in [-0.3, -0.25) is 0 Å². The Kier molecular flexibility index (Phi) is 2.96. The summed E-state index contributed by atoms with van der Waals surface area (Å²) in [5.41, 5.74) is 7.47. The van der Waals surface area contributed by atoms with Crippen LogP contribution >= 0.6 is 0 Å². The van der Waals surface area contributed by atoms with Gasteiger partial charge in [-0.15, -0.1) is 0 Å². The van der Waals surface area contributed by atoms with Gasteiger partial charge in [0.05, 0.1) is 0 Å². The Hall–Kier alpha value is -2.28. The van der Waals surface area contributed by atoms with Gasteiger partial charge in [-0.05, 0) is 42.7 Å². The molecule has 0 fully saturated rings. The van der Waals surface area contributed by atoms with Crippen LogP contribution in [0.4, 0.5) is 0 Å². The minimum absolute atomic E-state index is 1.17. The molecule has 19 heavy (non-hydrogen) atoms. The Bertz CT molecular complexity index is 647. The molecular weight excluding hydrogens is 230 g/mol. The summed E-state index contributed by atoms with van der Waals surface area (Å²) < 4.78 is 0. The fourth-order valence-corrected chi connectivity index (χ4v) is 2.36. The standard InChI is InChI=1S/C18H17N/c1-13-5-3-7-15(9-13)17-11-18(19-12-17)16-8-4-6-14(2)10-16/h3-12,19H,1-2H3. The topological polar surface area (TPSA) is 15.8 Å². The number of benzene rings is 2. The van der Waals surface area contributed by atoms with Gasteiger partial charge in [0.2, 0.25) is 0 Å². The van der Waals surface area contributed by atoms with E-state index in [-0.39, 0.29) is 0 Å². The molecule has 1 heteroatoms. The molecule has 0 saturated heterocycles. The van der Waals surface area contributed by atoms with Crippen molar-refractivity contribution in [1.29, 1.82) is 0 Å². The predicted molar refractivity (Wildman–Crippen MR) is 81.1 cm³/mol. The molecule has 0 radical (unpaired) electrons. The number of aromatic amines is 1. The lowest BCUT2D eigenvalue weighted by Crippen LogP contribution is -1.78. The Morgan fingerprint density at radius 1 is 0.684 bits per heavy atom. The highest BCUT2D eigenvalue weighted by Crippen LogP contribution is 2.26. The van der Waals surface area contributed by atoms with Crippen molar-refractivity contribution in [1.82, 2.24) is 4.98 Å². The van der Waals surface area contributed by atoms with Crippen molar-refractivity contribution < 1.29 is 0 Å². The monoisotopic (exact) mass is 247 g/mol. The lowest BCUT2D eigenvalue weighted by Gasteiger charge is -2.00. The zero-order valence-corrected chi connectivity index (χ0v) is 11.3. The Morgan fingerprint density at radius 2 is 1.32 bits per heavy atom. The van der Waals surface area contributed by atoms with Gasteiger partial charge >= 0.3 is 0 Å². The van der Waals surface area contributed by atoms with Crippen LogP contribution in [0.2, 0.25) is 0 Å². The van der Waals surface area contributed by atoms with E-state index in [9.17, 15) is 0 Å². The largest absolute Gasteiger partial charge is 0.361 e. The SMILES string of the molecule is Cc1cccc(-c2c[nH]c(-c3cccc(C)c3)c2)c1. The van der Waals surface area contributed by atoms with E-state index in [4.69, 9.17) is 0 Å². The van der Waals surface area contributed by atoms with E-state index >= 15 is 0 Å². The summed E-state index contributed by atoms with van der Waals surface area (Å²) in [4.78, 5) is 3.37. The normalized spacial score (nSPS) is 10.6. The highest BCUT2D eigenvalue weighted by atomic mass is 14.7. The lowest BCUT2D eigenvalue weighted by atomic mass is 10.0. The number of H-pyrrole nitrogens is 1. The molecular formula is C18H17N. The lowest BCUT2D eigenvalue weighted by molar-refractivity contribution is 1.38. The predicted octanol–water partition coefficient (Wildman–Crippen LogP) is 4.97. The van der Waals surface area contributed by atoms with E-state index in [2.05, 4.69) is 79.6 Å². The van der Waals surface area contributed by atoms with Gasteiger partial charge in [0, 0.05) is 11.9 Å². The summed E-state index contributed by atoms with van der Waals surface area (Å²) in [7, 11) is 0. The van der Waals surface area contributed by atoms with Crippen molar-refractivity contribution in [2.24, 2.45) is 0 Å². The molecule has 1 nitrogen and oxygen atoms in total. The first kappa shape index (κ1) is 11.8. The maximum Gasteiger partial charge on any atom is 0.0460 e. The molecule has 94 valence electrons. The average Bonchev–Trinajstić information content (AvgIpc) is 2.88. The highest BCUT2D eigenvalue weighted by Gasteiger charge is 2.04. The van der Waals surface area contributed by atoms with Crippen LogP contribution in [-0.2, 0) is 0 Å². The van der Waals surface area contributed by atoms with Crippen LogP contribution in [0.1, 0.15) is 11.1 Å². The number of hydrogen-bond acceptors (Lipinski definition) is 0. The second-order valence-corrected chi connectivity index (χ2v) is 5.04. The third-order valence-corrected chi connectivity index (χ3v) is 3.36. The maximum absolute atomic E-state index is 3.37. The first-order chi connectivity index (χ1) is 9.22. The molecule has 0 bridgehead atoms. The Labute approximate surface area is 113 Å². The van der Waals surface area contributed by atoms with Crippen molar-refractivity contribution in [2.45, 2.75) is 13.8 Å². The third-order valence-electron chi connectivity index (χ3n) is 3.36. The van der Waals surface area contributed by atoms with Gasteiger partial charge in [-0.1, -0.05) is 53.6 Å². The van der Waals surface area contributed by atoms with Crippen LogP contribution in [0, 0.1) is 13.8 Å². The quantitative estimate of drug-likeness (QED) is 0.658. The molecule has 0 saturated carbocycles. The average molecular weight is 247 g/mol.